The van der Waals surface area contributed by atoms with Gasteiger partial charge in [-0.15, -0.1) is 0 Å². The van der Waals surface area contributed by atoms with Gasteiger partial charge in [0.15, 0.2) is 6.10 Å². The zero-order valence-electron chi connectivity index (χ0n) is 19.1. The fourth-order valence-electron chi connectivity index (χ4n) is 3.92. The van der Waals surface area contributed by atoms with Gasteiger partial charge in [-0.1, -0.05) is 12.1 Å². The number of ether oxygens (including phenoxy) is 2. The monoisotopic (exact) mass is 497 g/mol. The van der Waals surface area contributed by atoms with Crippen LogP contribution in [-0.4, -0.2) is 32.9 Å². The van der Waals surface area contributed by atoms with Crippen LogP contribution in [0.4, 0.5) is 29.3 Å². The minimum absolute atomic E-state index is 0.237. The highest BCUT2D eigenvalue weighted by Crippen LogP contribution is 2.47. The van der Waals surface area contributed by atoms with E-state index < -0.39 is 18.4 Å². The number of benzene rings is 2. The Bertz CT molecular complexity index is 1400. The van der Waals surface area contributed by atoms with Crippen LogP contribution in [0.1, 0.15) is 25.8 Å². The molecular weight excluding hydrogens is 475 g/mol. The third kappa shape index (κ3) is 4.77. The number of hydrogen-bond acceptors (Lipinski definition) is 6. The molecule has 2 aromatic heterocycles. The summed E-state index contributed by atoms with van der Waals surface area (Å²) in [6.07, 6.45) is -2.83. The van der Waals surface area contributed by atoms with Gasteiger partial charge in [-0.2, -0.15) is 13.2 Å². The predicted molar refractivity (Wildman–Crippen MR) is 128 cm³/mol. The van der Waals surface area contributed by atoms with Crippen LogP contribution < -0.4 is 15.8 Å². The number of rotatable bonds is 6. The van der Waals surface area contributed by atoms with E-state index in [0.717, 1.165) is 41.9 Å². The number of amides is 1. The molecule has 1 aliphatic carbocycles. The van der Waals surface area contributed by atoms with E-state index in [1.54, 1.807) is 48.8 Å². The van der Waals surface area contributed by atoms with Gasteiger partial charge in [-0.25, -0.2) is 14.8 Å². The van der Waals surface area contributed by atoms with Gasteiger partial charge in [-0.3, -0.25) is 5.32 Å². The topological polar surface area (TPSA) is 104 Å². The summed E-state index contributed by atoms with van der Waals surface area (Å²) in [7, 11) is 0. The number of halogens is 3. The van der Waals surface area contributed by atoms with Crippen molar-refractivity contribution in [1.82, 2.24) is 14.5 Å². The molecule has 3 N–H and O–H groups in total. The molecule has 5 rings (SSSR count). The van der Waals surface area contributed by atoms with Crippen molar-refractivity contribution in [2.24, 2.45) is 0 Å². The zero-order chi connectivity index (χ0) is 25.4. The van der Waals surface area contributed by atoms with Crippen molar-refractivity contribution in [3.8, 4) is 23.0 Å². The standard InChI is InChI=1S/C25H22F3N5O3/c1-14(25(26,27)28)35-24(34)32-16-5-3-15(4-6-16)22-21(29)19-10-9-18(36-23-30-11-2-12-31-23)13-20(19)33(22)17-7-8-17/h2-6,9-14,17H,7-8,29H2,1H3,(H,32,34)/t14-/m1/s1. The maximum absolute atomic E-state index is 12.6. The molecule has 0 spiro atoms. The number of carbonyl (C=O) groups excluding carboxylic acids is 1. The van der Waals surface area contributed by atoms with Crippen LogP contribution in [0.2, 0.25) is 0 Å². The zero-order valence-corrected chi connectivity index (χ0v) is 19.1. The van der Waals surface area contributed by atoms with E-state index in [1.807, 2.05) is 12.1 Å². The molecule has 186 valence electrons. The second-order valence-electron chi connectivity index (χ2n) is 8.47. The summed E-state index contributed by atoms with van der Waals surface area (Å²) in [5.41, 5.74) is 9.99. The van der Waals surface area contributed by atoms with Gasteiger partial charge in [0, 0.05) is 41.1 Å². The highest BCUT2D eigenvalue weighted by Gasteiger charge is 2.39. The highest BCUT2D eigenvalue weighted by molar-refractivity contribution is 6.02. The largest absolute Gasteiger partial charge is 0.437 e. The summed E-state index contributed by atoms with van der Waals surface area (Å²) in [4.78, 5) is 20.0. The molecule has 1 atom stereocenters. The molecule has 1 amide bonds. The molecule has 0 aliphatic heterocycles. The molecule has 1 saturated carbocycles. The molecule has 1 aliphatic rings. The molecule has 0 unspecified atom stereocenters. The number of nitrogens with one attached hydrogen (secondary N) is 1. The molecule has 0 radical (unpaired) electrons. The molecule has 36 heavy (non-hydrogen) atoms. The molecule has 4 aromatic rings. The average Bonchev–Trinajstić information content (AvgIpc) is 3.64. The lowest BCUT2D eigenvalue weighted by Gasteiger charge is -2.16. The Labute approximate surface area is 203 Å². The van der Waals surface area contributed by atoms with Crippen molar-refractivity contribution in [2.45, 2.75) is 38.1 Å². The first-order chi connectivity index (χ1) is 17.2. The molecule has 8 nitrogen and oxygen atoms in total. The molecule has 2 aromatic carbocycles. The maximum atomic E-state index is 12.6. The third-order valence-electron chi connectivity index (χ3n) is 5.83. The maximum Gasteiger partial charge on any atom is 0.425 e. The van der Waals surface area contributed by atoms with Gasteiger partial charge < -0.3 is 19.8 Å². The smallest absolute Gasteiger partial charge is 0.425 e. The van der Waals surface area contributed by atoms with Gasteiger partial charge in [0.1, 0.15) is 5.75 Å². The van der Waals surface area contributed by atoms with Crippen molar-refractivity contribution in [3.63, 3.8) is 0 Å². The number of nitrogens with two attached hydrogens (primary N) is 1. The van der Waals surface area contributed by atoms with Crippen LogP contribution in [-0.2, 0) is 4.74 Å². The summed E-state index contributed by atoms with van der Waals surface area (Å²) >= 11 is 0. The van der Waals surface area contributed by atoms with E-state index >= 15 is 0 Å². The van der Waals surface area contributed by atoms with Gasteiger partial charge in [0.25, 0.3) is 0 Å². The van der Waals surface area contributed by atoms with Crippen LogP contribution in [0, 0.1) is 0 Å². The summed E-state index contributed by atoms with van der Waals surface area (Å²) in [6.45, 7) is 0.769. The second-order valence-corrected chi connectivity index (χ2v) is 8.47. The lowest BCUT2D eigenvalue weighted by Crippen LogP contribution is -2.32. The first kappa shape index (κ1) is 23.5. The van der Waals surface area contributed by atoms with Gasteiger partial charge in [-0.05, 0) is 50.1 Å². The SMILES string of the molecule is C[C@@H](OC(=O)Nc1ccc(-c2c(N)c3ccc(Oc4ncccn4)cc3n2C2CC2)cc1)C(F)(F)F. The Morgan fingerprint density at radius 1 is 1.14 bits per heavy atom. The fourth-order valence-corrected chi connectivity index (χ4v) is 3.92. The predicted octanol–water partition coefficient (Wildman–Crippen LogP) is 6.31. The van der Waals surface area contributed by atoms with Crippen molar-refractivity contribution >= 4 is 28.4 Å². The number of anilines is 2. The number of aromatic nitrogens is 3. The number of nitrogens with zero attached hydrogens (tertiary/aromatic N) is 3. The van der Waals surface area contributed by atoms with Crippen LogP contribution in [0.15, 0.2) is 60.9 Å². The summed E-state index contributed by atoms with van der Waals surface area (Å²) in [5, 5.41) is 3.18. The molecule has 0 bridgehead atoms. The van der Waals surface area contributed by atoms with Crippen LogP contribution in [0.3, 0.4) is 0 Å². The van der Waals surface area contributed by atoms with E-state index in [0.29, 0.717) is 17.1 Å². The van der Waals surface area contributed by atoms with E-state index in [1.165, 1.54) is 0 Å². The normalized spacial score (nSPS) is 14.4. The molecular formula is C25H22F3N5O3. The Kier molecular flexibility index (Phi) is 5.91. The molecule has 2 heterocycles. The van der Waals surface area contributed by atoms with Crippen molar-refractivity contribution in [3.05, 3.63) is 60.9 Å². The van der Waals surface area contributed by atoms with E-state index in [4.69, 9.17) is 10.5 Å². The summed E-state index contributed by atoms with van der Waals surface area (Å²) in [5.74, 6) is 0.575. The van der Waals surface area contributed by atoms with Gasteiger partial charge in [0.2, 0.25) is 0 Å². The number of alkyl halides is 3. The fraction of sp³-hybridized carbons (Fsp3) is 0.240. The number of hydrogen-bond donors (Lipinski definition) is 2. The van der Waals surface area contributed by atoms with Crippen molar-refractivity contribution < 1.29 is 27.4 Å². The minimum Gasteiger partial charge on any atom is -0.437 e. The van der Waals surface area contributed by atoms with Crippen LogP contribution in [0.25, 0.3) is 22.2 Å². The lowest BCUT2D eigenvalue weighted by atomic mass is 10.1. The van der Waals surface area contributed by atoms with Crippen molar-refractivity contribution in [2.75, 3.05) is 11.1 Å². The first-order valence-corrected chi connectivity index (χ1v) is 11.2. The third-order valence-corrected chi connectivity index (χ3v) is 5.83. The minimum atomic E-state index is -4.63. The average molecular weight is 497 g/mol. The van der Waals surface area contributed by atoms with Gasteiger partial charge in [0.05, 0.1) is 16.9 Å². The molecule has 0 saturated heterocycles. The van der Waals surface area contributed by atoms with Gasteiger partial charge >= 0.3 is 18.3 Å². The number of nitrogen functional groups attached to an aromatic ring is 1. The lowest BCUT2D eigenvalue weighted by molar-refractivity contribution is -0.196. The van der Waals surface area contributed by atoms with Crippen molar-refractivity contribution in [1.29, 1.82) is 0 Å². The number of carbonyl (C=O) groups is 1. The second kappa shape index (κ2) is 9.06. The van der Waals surface area contributed by atoms with E-state index in [2.05, 4.69) is 24.6 Å². The quantitative estimate of drug-likeness (QED) is 0.324. The molecule has 11 heteroatoms. The van der Waals surface area contributed by atoms with Crippen LogP contribution in [0.5, 0.6) is 11.8 Å². The number of fused-ring (bicyclic) bond motifs is 1. The Morgan fingerprint density at radius 2 is 1.83 bits per heavy atom. The first-order valence-electron chi connectivity index (χ1n) is 11.2. The Morgan fingerprint density at radius 3 is 2.47 bits per heavy atom. The summed E-state index contributed by atoms with van der Waals surface area (Å²) < 4.78 is 50.2. The Balaban J connectivity index is 1.43. The van der Waals surface area contributed by atoms with E-state index in [9.17, 15) is 18.0 Å². The van der Waals surface area contributed by atoms with Crippen LogP contribution >= 0.6 is 0 Å². The highest BCUT2D eigenvalue weighted by atomic mass is 19.4. The summed E-state index contributed by atoms with van der Waals surface area (Å²) in [6, 6.07) is 14.5. The Hall–Kier alpha value is -4.28. The molecule has 1 fully saturated rings. The van der Waals surface area contributed by atoms with E-state index in [-0.39, 0.29) is 12.1 Å².